The first-order valence-electron chi connectivity index (χ1n) is 3.05. The van der Waals surface area contributed by atoms with Gasteiger partial charge >= 0.3 is 6.18 Å². The summed E-state index contributed by atoms with van der Waals surface area (Å²) < 4.78 is 35.4. The van der Waals surface area contributed by atoms with Gasteiger partial charge in [0.1, 0.15) is 0 Å². The van der Waals surface area contributed by atoms with Gasteiger partial charge in [0.15, 0.2) is 0 Å². The van der Waals surface area contributed by atoms with Gasteiger partial charge in [-0.05, 0) is 19.9 Å². The van der Waals surface area contributed by atoms with Crippen molar-refractivity contribution in [2.45, 2.75) is 20.0 Å². The summed E-state index contributed by atoms with van der Waals surface area (Å²) in [7, 11) is 0. The van der Waals surface area contributed by atoms with E-state index < -0.39 is 11.7 Å². The van der Waals surface area contributed by atoms with Crippen LogP contribution in [0.2, 0.25) is 0 Å². The Morgan fingerprint density at radius 2 is 1.82 bits per heavy atom. The molecule has 0 fully saturated rings. The minimum absolute atomic E-state index is 0.125. The molecule has 0 aliphatic carbocycles. The quantitative estimate of drug-likeness (QED) is 0.593. The maximum Gasteiger partial charge on any atom is 0.412 e. The second kappa shape index (κ2) is 3.46. The molecule has 0 heterocycles. The van der Waals surface area contributed by atoms with Crippen molar-refractivity contribution < 1.29 is 13.2 Å². The summed E-state index contributed by atoms with van der Waals surface area (Å²) in [6, 6.07) is 0. The van der Waals surface area contributed by atoms with E-state index in [1.54, 1.807) is 6.92 Å². The van der Waals surface area contributed by atoms with E-state index in [-0.39, 0.29) is 5.70 Å². The van der Waals surface area contributed by atoms with Crippen LogP contribution in [0.5, 0.6) is 0 Å². The molecule has 0 aromatic heterocycles. The summed E-state index contributed by atoms with van der Waals surface area (Å²) in [4.78, 5) is 0. The highest BCUT2D eigenvalue weighted by molar-refractivity contribution is 5.21. The Balaban J connectivity index is 4.48. The summed E-state index contributed by atoms with van der Waals surface area (Å²) >= 11 is 0. The molecular weight excluding hydrogens is 155 g/mol. The lowest BCUT2D eigenvalue weighted by Gasteiger charge is -2.05. The fraction of sp³-hybridized carbons (Fsp3) is 0.429. The zero-order valence-corrected chi connectivity index (χ0v) is 6.37. The maximum atomic E-state index is 11.8. The topological polar surface area (TPSA) is 26.0 Å². The zero-order valence-electron chi connectivity index (χ0n) is 6.37. The Morgan fingerprint density at radius 1 is 1.36 bits per heavy atom. The average molecular weight is 165 g/mol. The van der Waals surface area contributed by atoms with Gasteiger partial charge in [-0.2, -0.15) is 13.2 Å². The highest BCUT2D eigenvalue weighted by Gasteiger charge is 2.29. The first-order chi connectivity index (χ1) is 4.88. The molecule has 0 aliphatic rings. The Morgan fingerprint density at radius 3 is 2.09 bits per heavy atom. The molecule has 2 N–H and O–H groups in total. The van der Waals surface area contributed by atoms with E-state index in [4.69, 9.17) is 5.73 Å². The molecule has 0 rings (SSSR count). The van der Waals surface area contributed by atoms with E-state index in [2.05, 4.69) is 0 Å². The van der Waals surface area contributed by atoms with Crippen LogP contribution in [0.15, 0.2) is 23.4 Å². The minimum atomic E-state index is -4.27. The van der Waals surface area contributed by atoms with E-state index in [0.717, 1.165) is 13.0 Å². The van der Waals surface area contributed by atoms with Gasteiger partial charge in [0.25, 0.3) is 0 Å². The standard InChI is InChI=1S/C7H10F3N/c1-3-6(11)4-5(2)7(8,9)10/h3-4H,11H2,1-2H3/b5-4+,6-3+. The van der Waals surface area contributed by atoms with Gasteiger partial charge in [0.05, 0.1) is 0 Å². The smallest absolute Gasteiger partial charge is 0.399 e. The molecule has 0 amide bonds. The molecule has 0 saturated heterocycles. The molecule has 0 aromatic rings. The monoisotopic (exact) mass is 165 g/mol. The molecule has 0 aromatic carbocycles. The molecular formula is C7H10F3N. The Bertz CT molecular complexity index is 188. The van der Waals surface area contributed by atoms with Crippen molar-refractivity contribution >= 4 is 0 Å². The molecule has 1 nitrogen and oxygen atoms in total. The third kappa shape index (κ3) is 3.70. The first-order valence-corrected chi connectivity index (χ1v) is 3.05. The van der Waals surface area contributed by atoms with Crippen LogP contribution in [0.3, 0.4) is 0 Å². The molecule has 64 valence electrons. The molecule has 4 heteroatoms. The molecule has 0 spiro atoms. The van der Waals surface area contributed by atoms with Crippen LogP contribution in [-0.4, -0.2) is 6.18 Å². The summed E-state index contributed by atoms with van der Waals surface area (Å²) in [5, 5.41) is 0. The molecule has 0 bridgehead atoms. The summed E-state index contributed by atoms with van der Waals surface area (Å²) in [6.07, 6.45) is -1.96. The second-order valence-electron chi connectivity index (χ2n) is 2.11. The van der Waals surface area contributed by atoms with Crippen LogP contribution >= 0.6 is 0 Å². The summed E-state index contributed by atoms with van der Waals surface area (Å²) in [5.74, 6) is 0. The lowest BCUT2D eigenvalue weighted by molar-refractivity contribution is -0.0913. The third-order valence-electron chi connectivity index (χ3n) is 1.16. The number of rotatable bonds is 1. The van der Waals surface area contributed by atoms with Crippen molar-refractivity contribution in [3.63, 3.8) is 0 Å². The van der Waals surface area contributed by atoms with E-state index in [0.29, 0.717) is 0 Å². The lowest BCUT2D eigenvalue weighted by Crippen LogP contribution is -2.10. The van der Waals surface area contributed by atoms with Crippen LogP contribution in [0.25, 0.3) is 0 Å². The third-order valence-corrected chi connectivity index (χ3v) is 1.16. The van der Waals surface area contributed by atoms with Crippen LogP contribution in [-0.2, 0) is 0 Å². The van der Waals surface area contributed by atoms with Crippen molar-refractivity contribution in [1.29, 1.82) is 0 Å². The fourth-order valence-electron chi connectivity index (χ4n) is 0.415. The summed E-state index contributed by atoms with van der Waals surface area (Å²) in [5.41, 5.74) is 4.59. The van der Waals surface area contributed by atoms with Crippen LogP contribution in [0.4, 0.5) is 13.2 Å². The number of nitrogens with two attached hydrogens (primary N) is 1. The van der Waals surface area contributed by atoms with Crippen molar-refractivity contribution in [3.05, 3.63) is 23.4 Å². The second-order valence-corrected chi connectivity index (χ2v) is 2.11. The Kier molecular flexibility index (Phi) is 3.17. The molecule has 0 atom stereocenters. The highest BCUT2D eigenvalue weighted by Crippen LogP contribution is 2.25. The number of hydrogen-bond donors (Lipinski definition) is 1. The van der Waals surface area contributed by atoms with Crippen LogP contribution in [0, 0.1) is 0 Å². The number of hydrogen-bond acceptors (Lipinski definition) is 1. The number of allylic oxidation sites excluding steroid dienone is 3. The first kappa shape index (κ1) is 10.1. The van der Waals surface area contributed by atoms with Crippen molar-refractivity contribution in [2.75, 3.05) is 0 Å². The fourth-order valence-corrected chi connectivity index (χ4v) is 0.415. The van der Waals surface area contributed by atoms with Crippen molar-refractivity contribution in [3.8, 4) is 0 Å². The van der Waals surface area contributed by atoms with Crippen molar-refractivity contribution in [1.82, 2.24) is 0 Å². The largest absolute Gasteiger partial charge is 0.412 e. The predicted molar refractivity (Wildman–Crippen MR) is 37.8 cm³/mol. The van der Waals surface area contributed by atoms with E-state index in [1.807, 2.05) is 0 Å². The van der Waals surface area contributed by atoms with E-state index in [9.17, 15) is 13.2 Å². The normalized spacial score (nSPS) is 15.4. The van der Waals surface area contributed by atoms with Gasteiger partial charge in [-0.3, -0.25) is 0 Å². The van der Waals surface area contributed by atoms with Crippen LogP contribution in [0.1, 0.15) is 13.8 Å². The van der Waals surface area contributed by atoms with Crippen molar-refractivity contribution in [2.24, 2.45) is 5.73 Å². The molecule has 0 aliphatic heterocycles. The van der Waals surface area contributed by atoms with E-state index >= 15 is 0 Å². The SMILES string of the molecule is C/C=C(N)\C=C(/C)C(F)(F)F. The molecule has 0 saturated carbocycles. The molecule has 0 unspecified atom stereocenters. The van der Waals surface area contributed by atoms with Gasteiger partial charge in [-0.15, -0.1) is 0 Å². The molecule has 0 radical (unpaired) electrons. The van der Waals surface area contributed by atoms with Gasteiger partial charge in [-0.1, -0.05) is 6.08 Å². The number of halogens is 3. The average Bonchev–Trinajstić information content (AvgIpc) is 1.85. The zero-order chi connectivity index (χ0) is 9.07. The highest BCUT2D eigenvalue weighted by atomic mass is 19.4. The Labute approximate surface area is 63.4 Å². The predicted octanol–water partition coefficient (Wildman–Crippen LogP) is 2.36. The summed E-state index contributed by atoms with van der Waals surface area (Å²) in [6.45, 7) is 2.56. The van der Waals surface area contributed by atoms with Gasteiger partial charge in [-0.25, -0.2) is 0 Å². The molecule has 11 heavy (non-hydrogen) atoms. The minimum Gasteiger partial charge on any atom is -0.399 e. The van der Waals surface area contributed by atoms with Gasteiger partial charge < -0.3 is 5.73 Å². The Hall–Kier alpha value is -0.930. The lowest BCUT2D eigenvalue weighted by atomic mass is 10.2. The van der Waals surface area contributed by atoms with E-state index in [1.165, 1.54) is 6.08 Å². The van der Waals surface area contributed by atoms with Gasteiger partial charge in [0, 0.05) is 11.3 Å². The number of alkyl halides is 3. The van der Waals surface area contributed by atoms with Gasteiger partial charge in [0.2, 0.25) is 0 Å². The maximum absolute atomic E-state index is 11.8. The van der Waals surface area contributed by atoms with Crippen LogP contribution < -0.4 is 5.73 Å².